The monoisotopic (exact) mass is 279 g/mol. The molecule has 1 unspecified atom stereocenters. The Morgan fingerprint density at radius 1 is 0.895 bits per heavy atom. The number of rotatable bonds is 13. The van der Waals surface area contributed by atoms with Gasteiger partial charge in [-0.15, -0.1) is 0 Å². The fraction of sp³-hybridized carbons (Fsp3) is 0.933. The molecular formula is C15H30NNaO2. The molecule has 0 aliphatic rings. The maximum Gasteiger partial charge on any atom is 1.00 e. The maximum atomic E-state index is 10.4. The number of carboxylic acid groups (broad SMARTS) is 1. The topological polar surface area (TPSA) is 66.2 Å². The molecule has 0 aromatic heterocycles. The molecule has 0 aliphatic carbocycles. The molecule has 3 nitrogen and oxygen atoms in total. The largest absolute Gasteiger partial charge is 1.00 e. The van der Waals surface area contributed by atoms with Gasteiger partial charge < -0.3 is 15.6 Å². The van der Waals surface area contributed by atoms with E-state index in [0.29, 0.717) is 6.42 Å². The van der Waals surface area contributed by atoms with E-state index in [1.54, 1.807) is 0 Å². The van der Waals surface area contributed by atoms with Crippen molar-refractivity contribution in [2.24, 2.45) is 5.73 Å². The standard InChI is InChI=1S/C15H31NO2.Na/c1-2-3-4-5-6-7-8-9-10-11-12-13-14(16)15(17)18;/h14H,2-13,16H2,1H3,(H,17,18);/q;+1/p-1. The number of nitrogens with two attached hydrogens (primary N) is 1. The van der Waals surface area contributed by atoms with Crippen LogP contribution >= 0.6 is 0 Å². The van der Waals surface area contributed by atoms with Gasteiger partial charge in [-0.25, -0.2) is 0 Å². The zero-order valence-electron chi connectivity index (χ0n) is 13.0. The molecule has 19 heavy (non-hydrogen) atoms. The molecule has 1 atom stereocenters. The van der Waals surface area contributed by atoms with Crippen LogP contribution in [0.2, 0.25) is 0 Å². The molecular weight excluding hydrogens is 249 g/mol. The number of hydrogen-bond acceptors (Lipinski definition) is 3. The number of carbonyl (C=O) groups excluding carboxylic acids is 1. The van der Waals surface area contributed by atoms with Gasteiger partial charge in [-0.3, -0.25) is 0 Å². The fourth-order valence-electron chi connectivity index (χ4n) is 2.15. The molecule has 0 fully saturated rings. The zero-order valence-corrected chi connectivity index (χ0v) is 15.0. The Bertz CT molecular complexity index is 201. The summed E-state index contributed by atoms with van der Waals surface area (Å²) in [5.41, 5.74) is 5.37. The van der Waals surface area contributed by atoms with Crippen LogP contribution in [0.1, 0.15) is 84.0 Å². The Morgan fingerprint density at radius 2 is 1.26 bits per heavy atom. The molecule has 0 aromatic carbocycles. The summed E-state index contributed by atoms with van der Waals surface area (Å²) in [6.07, 6.45) is 14.5. The Labute approximate surface area is 141 Å². The average molecular weight is 279 g/mol. The summed E-state index contributed by atoms with van der Waals surface area (Å²) in [5, 5.41) is 10.4. The Morgan fingerprint density at radius 3 is 1.63 bits per heavy atom. The third-order valence-electron chi connectivity index (χ3n) is 3.42. The predicted molar refractivity (Wildman–Crippen MR) is 74.1 cm³/mol. The van der Waals surface area contributed by atoms with E-state index < -0.39 is 12.0 Å². The first-order chi connectivity index (χ1) is 8.68. The van der Waals surface area contributed by atoms with Gasteiger partial charge in [-0.1, -0.05) is 77.6 Å². The third-order valence-corrected chi connectivity index (χ3v) is 3.42. The normalized spacial score (nSPS) is 11.9. The van der Waals surface area contributed by atoms with E-state index in [2.05, 4.69) is 6.92 Å². The van der Waals surface area contributed by atoms with E-state index in [9.17, 15) is 9.90 Å². The second-order valence-corrected chi connectivity index (χ2v) is 5.25. The van der Waals surface area contributed by atoms with Gasteiger partial charge in [0, 0.05) is 6.04 Å². The van der Waals surface area contributed by atoms with Gasteiger partial charge in [0.25, 0.3) is 0 Å². The van der Waals surface area contributed by atoms with E-state index in [-0.39, 0.29) is 29.6 Å². The Hall–Kier alpha value is 0.430. The van der Waals surface area contributed by atoms with Crippen molar-refractivity contribution in [3.63, 3.8) is 0 Å². The number of aliphatic carboxylic acids is 1. The molecule has 0 rings (SSSR count). The quantitative estimate of drug-likeness (QED) is 0.374. The van der Waals surface area contributed by atoms with Gasteiger partial charge in [0.2, 0.25) is 0 Å². The Balaban J connectivity index is 0. The maximum absolute atomic E-state index is 10.4. The van der Waals surface area contributed by atoms with E-state index >= 15 is 0 Å². The summed E-state index contributed by atoms with van der Waals surface area (Å²) in [4.78, 5) is 10.4. The van der Waals surface area contributed by atoms with Crippen LogP contribution < -0.4 is 40.4 Å². The Kier molecular flexibility index (Phi) is 18.8. The molecule has 0 aromatic rings. The van der Waals surface area contributed by atoms with Crippen molar-refractivity contribution >= 4 is 5.97 Å². The molecule has 108 valence electrons. The molecule has 4 heteroatoms. The van der Waals surface area contributed by atoms with E-state index in [4.69, 9.17) is 5.73 Å². The molecule has 0 amide bonds. The number of carboxylic acids is 1. The van der Waals surface area contributed by atoms with Crippen LogP contribution in [0.4, 0.5) is 0 Å². The van der Waals surface area contributed by atoms with Crippen molar-refractivity contribution in [2.45, 2.75) is 90.0 Å². The first-order valence-corrected chi connectivity index (χ1v) is 7.65. The third kappa shape index (κ3) is 16.4. The minimum Gasteiger partial charge on any atom is -0.548 e. The summed E-state index contributed by atoms with van der Waals surface area (Å²) in [6, 6.07) is -0.774. The smallest absolute Gasteiger partial charge is 0.548 e. The summed E-state index contributed by atoms with van der Waals surface area (Å²) < 4.78 is 0. The van der Waals surface area contributed by atoms with Crippen molar-refractivity contribution in [1.29, 1.82) is 0 Å². The van der Waals surface area contributed by atoms with Crippen molar-refractivity contribution in [1.82, 2.24) is 0 Å². The fourth-order valence-corrected chi connectivity index (χ4v) is 2.15. The van der Waals surface area contributed by atoms with Gasteiger partial charge in [-0.2, -0.15) is 0 Å². The zero-order chi connectivity index (χ0) is 13.6. The van der Waals surface area contributed by atoms with Crippen LogP contribution in [0.3, 0.4) is 0 Å². The van der Waals surface area contributed by atoms with E-state index in [1.807, 2.05) is 0 Å². The van der Waals surface area contributed by atoms with Gasteiger partial charge >= 0.3 is 29.6 Å². The van der Waals surface area contributed by atoms with Crippen LogP contribution in [0.25, 0.3) is 0 Å². The molecule has 0 spiro atoms. The second-order valence-electron chi connectivity index (χ2n) is 5.25. The molecule has 0 saturated carbocycles. The number of hydrogen-bond donors (Lipinski definition) is 1. The van der Waals surface area contributed by atoms with Crippen molar-refractivity contribution in [3.8, 4) is 0 Å². The van der Waals surface area contributed by atoms with Crippen LogP contribution in [-0.2, 0) is 4.79 Å². The number of unbranched alkanes of at least 4 members (excludes halogenated alkanes) is 10. The van der Waals surface area contributed by atoms with Crippen LogP contribution in [0, 0.1) is 0 Å². The van der Waals surface area contributed by atoms with Gasteiger partial charge in [0.05, 0.1) is 5.97 Å². The van der Waals surface area contributed by atoms with Gasteiger partial charge in [0.15, 0.2) is 0 Å². The number of carbonyl (C=O) groups is 1. The SMILES string of the molecule is CCCCCCCCCCCCCC(N)C(=O)[O-].[Na+]. The summed E-state index contributed by atoms with van der Waals surface area (Å²) in [6.45, 7) is 2.24. The summed E-state index contributed by atoms with van der Waals surface area (Å²) in [7, 11) is 0. The summed E-state index contributed by atoms with van der Waals surface area (Å²) in [5.74, 6) is -1.12. The molecule has 2 N–H and O–H groups in total. The minimum atomic E-state index is -1.12. The first kappa shape index (κ1) is 21.7. The molecule has 0 aliphatic heterocycles. The van der Waals surface area contributed by atoms with Crippen molar-refractivity contribution in [2.75, 3.05) is 0 Å². The second kappa shape index (κ2) is 16.5. The molecule has 0 radical (unpaired) electrons. The van der Waals surface area contributed by atoms with Crippen LogP contribution in [0.15, 0.2) is 0 Å². The van der Waals surface area contributed by atoms with Crippen molar-refractivity contribution in [3.05, 3.63) is 0 Å². The van der Waals surface area contributed by atoms with Crippen LogP contribution in [0.5, 0.6) is 0 Å². The van der Waals surface area contributed by atoms with E-state index in [0.717, 1.165) is 12.8 Å². The molecule has 0 heterocycles. The van der Waals surface area contributed by atoms with Crippen LogP contribution in [-0.4, -0.2) is 12.0 Å². The van der Waals surface area contributed by atoms with Crippen molar-refractivity contribution < 1.29 is 39.5 Å². The minimum absolute atomic E-state index is 0. The molecule has 0 saturated heterocycles. The summed E-state index contributed by atoms with van der Waals surface area (Å²) >= 11 is 0. The predicted octanol–water partition coefficient (Wildman–Crippen LogP) is -0.231. The average Bonchev–Trinajstić information content (AvgIpc) is 2.35. The van der Waals surface area contributed by atoms with Gasteiger partial charge in [-0.05, 0) is 6.42 Å². The van der Waals surface area contributed by atoms with E-state index in [1.165, 1.54) is 57.8 Å². The first-order valence-electron chi connectivity index (χ1n) is 7.65. The molecule has 0 bridgehead atoms. The van der Waals surface area contributed by atoms with Gasteiger partial charge in [0.1, 0.15) is 0 Å².